The van der Waals surface area contributed by atoms with Crippen LogP contribution in [-0.2, 0) is 23.8 Å². The van der Waals surface area contributed by atoms with Crippen molar-refractivity contribution < 1.29 is 46.2 Å². The fraction of sp³-hybridized carbons (Fsp3) is 0.538. The van der Waals surface area contributed by atoms with E-state index < -0.39 is 64.0 Å². The normalized spacial score (nSPS) is 31.2. The van der Waals surface area contributed by atoms with Crippen LogP contribution in [0.15, 0.2) is 23.1 Å². The lowest BCUT2D eigenvalue weighted by Crippen LogP contribution is -2.59. The molecule has 0 amide bonds. The Morgan fingerprint density at radius 3 is 2.21 bits per heavy atom. The Labute approximate surface area is 136 Å². The van der Waals surface area contributed by atoms with Gasteiger partial charge in [0.25, 0.3) is 10.1 Å². The zero-order valence-electron chi connectivity index (χ0n) is 12.4. The van der Waals surface area contributed by atoms with Crippen molar-refractivity contribution in [1.82, 2.24) is 0 Å². The van der Waals surface area contributed by atoms with Crippen LogP contribution in [-0.4, -0.2) is 68.2 Å². The minimum atomic E-state index is -4.54. The number of aliphatic hydroxyl groups is 3. The number of ether oxygens (including phenoxy) is 2. The van der Waals surface area contributed by atoms with Gasteiger partial charge in [0.15, 0.2) is 6.29 Å². The maximum absolute atomic E-state index is 13.1. The second-order valence-electron chi connectivity index (χ2n) is 5.09. The summed E-state index contributed by atoms with van der Waals surface area (Å²) in [6.45, 7) is -0.773. The van der Waals surface area contributed by atoms with Crippen molar-refractivity contribution in [3.63, 3.8) is 0 Å². The Bertz CT molecular complexity index is 660. The van der Waals surface area contributed by atoms with Crippen LogP contribution >= 0.6 is 0 Å². The number of rotatable bonds is 5. The van der Waals surface area contributed by atoms with E-state index in [1.807, 2.05) is 0 Å². The molecule has 0 unspecified atom stereocenters. The van der Waals surface area contributed by atoms with Crippen LogP contribution in [0.2, 0.25) is 0 Å². The average Bonchev–Trinajstić information content (AvgIpc) is 2.51. The zero-order chi connectivity index (χ0) is 18.1. The topological polar surface area (TPSA) is 123 Å². The van der Waals surface area contributed by atoms with Gasteiger partial charge in [0.2, 0.25) is 0 Å². The van der Waals surface area contributed by atoms with Gasteiger partial charge in [0.05, 0.1) is 11.5 Å². The molecule has 1 aliphatic heterocycles. The Kier molecular flexibility index (Phi) is 5.86. The van der Waals surface area contributed by atoms with Gasteiger partial charge in [-0.1, -0.05) is 0 Å². The Balaban J connectivity index is 2.11. The summed E-state index contributed by atoms with van der Waals surface area (Å²) >= 11 is 0. The third-order valence-electron chi connectivity index (χ3n) is 3.41. The van der Waals surface area contributed by atoms with E-state index in [4.69, 9.17) is 9.47 Å². The van der Waals surface area contributed by atoms with Crippen molar-refractivity contribution in [2.45, 2.75) is 35.6 Å². The van der Waals surface area contributed by atoms with Crippen LogP contribution in [0, 0.1) is 11.6 Å². The van der Waals surface area contributed by atoms with E-state index in [0.717, 1.165) is 0 Å². The highest BCUT2D eigenvalue weighted by Crippen LogP contribution is 2.23. The molecule has 1 saturated heterocycles. The fourth-order valence-corrected chi connectivity index (χ4v) is 3.11. The molecule has 2 rings (SSSR count). The average molecular weight is 370 g/mol. The molecule has 11 heteroatoms. The van der Waals surface area contributed by atoms with Crippen LogP contribution in [0.3, 0.4) is 0 Å². The van der Waals surface area contributed by atoms with Crippen LogP contribution in [0.5, 0.6) is 0 Å². The van der Waals surface area contributed by atoms with Gasteiger partial charge in [-0.25, -0.2) is 8.78 Å². The van der Waals surface area contributed by atoms with Gasteiger partial charge in [0.1, 0.15) is 36.1 Å². The largest absolute Gasteiger partial charge is 0.387 e. The van der Waals surface area contributed by atoms with Crippen LogP contribution < -0.4 is 0 Å². The third kappa shape index (κ3) is 4.06. The fourth-order valence-electron chi connectivity index (χ4n) is 2.15. The first kappa shape index (κ1) is 19.1. The van der Waals surface area contributed by atoms with E-state index in [9.17, 15) is 32.5 Å². The maximum Gasteiger partial charge on any atom is 0.297 e. The molecule has 1 fully saturated rings. The van der Waals surface area contributed by atoms with E-state index >= 15 is 0 Å². The highest BCUT2D eigenvalue weighted by Gasteiger charge is 2.44. The summed E-state index contributed by atoms with van der Waals surface area (Å²) in [6.07, 6.45) is -7.54. The number of halogens is 2. The van der Waals surface area contributed by atoms with Crippen molar-refractivity contribution in [3.8, 4) is 0 Å². The van der Waals surface area contributed by atoms with E-state index in [0.29, 0.717) is 18.2 Å². The highest BCUT2D eigenvalue weighted by molar-refractivity contribution is 7.86. The van der Waals surface area contributed by atoms with Crippen molar-refractivity contribution in [3.05, 3.63) is 29.8 Å². The van der Waals surface area contributed by atoms with E-state index in [1.54, 1.807) is 0 Å². The van der Waals surface area contributed by atoms with Crippen molar-refractivity contribution >= 4 is 10.1 Å². The standard InChI is InChI=1S/C13H16F2O8S/c1-21-13-12(18)11(17)10(16)9(23-13)5-22-24(19,20)8-3-6(14)2-7(15)4-8/h2-4,9-13,16-18H,5H2,1H3/t9-,10-,11+,12-,13+/m1/s1. The van der Waals surface area contributed by atoms with Gasteiger partial charge >= 0.3 is 0 Å². The van der Waals surface area contributed by atoms with Crippen molar-refractivity contribution in [2.24, 2.45) is 0 Å². The van der Waals surface area contributed by atoms with E-state index in [-0.39, 0.29) is 0 Å². The first-order chi connectivity index (χ1) is 11.2. The predicted molar refractivity (Wildman–Crippen MR) is 73.2 cm³/mol. The molecule has 8 nitrogen and oxygen atoms in total. The third-order valence-corrected chi connectivity index (χ3v) is 4.67. The van der Waals surface area contributed by atoms with Crippen LogP contribution in [0.25, 0.3) is 0 Å². The predicted octanol–water partition coefficient (Wildman–Crippen LogP) is -0.876. The first-order valence-electron chi connectivity index (χ1n) is 6.73. The molecule has 0 aliphatic carbocycles. The van der Waals surface area contributed by atoms with Crippen molar-refractivity contribution in [1.29, 1.82) is 0 Å². The number of methoxy groups -OCH3 is 1. The summed E-state index contributed by atoms with van der Waals surface area (Å²) in [7, 11) is -3.37. The molecule has 0 bridgehead atoms. The maximum atomic E-state index is 13.1. The molecule has 5 atom stereocenters. The molecule has 0 saturated carbocycles. The van der Waals surface area contributed by atoms with Gasteiger partial charge in [-0.15, -0.1) is 0 Å². The van der Waals surface area contributed by atoms with Gasteiger partial charge in [-0.3, -0.25) is 4.18 Å². The molecule has 1 aromatic carbocycles. The Morgan fingerprint density at radius 2 is 1.67 bits per heavy atom. The minimum Gasteiger partial charge on any atom is -0.387 e. The summed E-state index contributed by atoms with van der Waals surface area (Å²) in [6, 6.07) is 1.62. The molecular weight excluding hydrogens is 354 g/mol. The molecule has 24 heavy (non-hydrogen) atoms. The van der Waals surface area contributed by atoms with Gasteiger partial charge in [0, 0.05) is 13.2 Å². The molecular formula is C13H16F2O8S. The lowest BCUT2D eigenvalue weighted by atomic mass is 9.99. The summed E-state index contributed by atoms with van der Waals surface area (Å²) in [5.74, 6) is -2.21. The van der Waals surface area contributed by atoms with Crippen molar-refractivity contribution in [2.75, 3.05) is 13.7 Å². The molecule has 1 heterocycles. The summed E-state index contributed by atoms with van der Waals surface area (Å²) in [5, 5.41) is 29.1. The van der Waals surface area contributed by atoms with E-state index in [2.05, 4.69) is 4.18 Å². The van der Waals surface area contributed by atoms with Gasteiger partial charge < -0.3 is 24.8 Å². The first-order valence-corrected chi connectivity index (χ1v) is 8.14. The SMILES string of the molecule is CO[C@H]1O[C@H](COS(=O)(=O)c2cc(F)cc(F)c2)[C@@H](O)[C@H](O)[C@H]1O. The second-order valence-corrected chi connectivity index (χ2v) is 6.71. The number of hydrogen-bond donors (Lipinski definition) is 3. The van der Waals surface area contributed by atoms with Gasteiger partial charge in [-0.05, 0) is 12.1 Å². The summed E-state index contributed by atoms with van der Waals surface area (Å²) in [5.41, 5.74) is 0. The number of aliphatic hydroxyl groups excluding tert-OH is 3. The molecule has 0 spiro atoms. The summed E-state index contributed by atoms with van der Waals surface area (Å²) in [4.78, 5) is -0.755. The van der Waals surface area contributed by atoms with E-state index in [1.165, 1.54) is 7.11 Å². The van der Waals surface area contributed by atoms with Gasteiger partial charge in [-0.2, -0.15) is 8.42 Å². The lowest BCUT2D eigenvalue weighted by molar-refractivity contribution is -0.293. The molecule has 0 radical (unpaired) electrons. The van der Waals surface area contributed by atoms with Crippen LogP contribution in [0.4, 0.5) is 8.78 Å². The number of hydrogen-bond acceptors (Lipinski definition) is 8. The molecule has 136 valence electrons. The van der Waals surface area contributed by atoms with Crippen LogP contribution in [0.1, 0.15) is 0 Å². The number of benzene rings is 1. The molecule has 1 aromatic rings. The second kappa shape index (κ2) is 7.35. The Morgan fingerprint density at radius 1 is 1.08 bits per heavy atom. The quantitative estimate of drug-likeness (QED) is 0.572. The minimum absolute atomic E-state index is 0.494. The smallest absolute Gasteiger partial charge is 0.297 e. The summed E-state index contributed by atoms with van der Waals surface area (Å²) < 4.78 is 64.6. The monoisotopic (exact) mass is 370 g/mol. The molecule has 0 aromatic heterocycles. The lowest BCUT2D eigenvalue weighted by Gasteiger charge is -2.39. The Hall–Kier alpha value is -1.21. The molecule has 3 N–H and O–H groups in total. The molecule has 1 aliphatic rings. The highest BCUT2D eigenvalue weighted by atomic mass is 32.2. The zero-order valence-corrected chi connectivity index (χ0v) is 13.2.